The molecular weight excluding hydrogens is 413 g/mol. The first-order valence-corrected chi connectivity index (χ1v) is 4.23. The summed E-state index contributed by atoms with van der Waals surface area (Å²) in [7, 11) is 0. The molecule has 9 heteroatoms. The number of aliphatic hydroxyl groups excluding tert-OH is 3. The van der Waals surface area contributed by atoms with Crippen LogP contribution in [0.1, 0.15) is 0 Å². The molecule has 17 heavy (non-hydrogen) atoms. The molecule has 0 aromatic heterocycles. The van der Waals surface area contributed by atoms with E-state index in [4.69, 9.17) is 27.6 Å². The standard InChI is InChI=1S/C5H9O4.C3H4N3O.Pt/c6-1-4-5(8)3(7)2-9-4;1-2-3(4)5-6-7;/h2-8H,1H2;1-2H,(H2,4,5,7);/q2*-1;+2/t3-,4+,5?;;/m0../s1. The minimum Gasteiger partial charge on any atom is -0.544 e. The summed E-state index contributed by atoms with van der Waals surface area (Å²) in [5.74, 6) is -0.0741. The maximum Gasteiger partial charge on any atom is 2.00 e. The summed E-state index contributed by atoms with van der Waals surface area (Å²) in [6.45, 7) is 5.63. The third-order valence-electron chi connectivity index (χ3n) is 1.63. The second-order valence-corrected chi connectivity index (χ2v) is 2.75. The quantitative estimate of drug-likeness (QED) is 0.139. The molecule has 1 saturated heterocycles. The molecule has 8 nitrogen and oxygen atoms in total. The molecule has 1 aliphatic rings. The van der Waals surface area contributed by atoms with Crippen molar-refractivity contribution >= 4 is 5.84 Å². The van der Waals surface area contributed by atoms with E-state index in [2.05, 4.69) is 15.1 Å². The summed E-state index contributed by atoms with van der Waals surface area (Å²) in [6.07, 6.45) is -1.60. The zero-order valence-electron chi connectivity index (χ0n) is 8.62. The van der Waals surface area contributed by atoms with Crippen LogP contribution in [0.5, 0.6) is 0 Å². The number of ether oxygens (including phenoxy) is 1. The zero-order chi connectivity index (χ0) is 12.6. The number of amidine groups is 1. The van der Waals surface area contributed by atoms with Crippen molar-refractivity contribution < 1.29 is 41.1 Å². The van der Waals surface area contributed by atoms with Gasteiger partial charge in [-0.3, -0.25) is 6.58 Å². The predicted molar refractivity (Wildman–Crippen MR) is 54.6 cm³/mol. The zero-order valence-corrected chi connectivity index (χ0v) is 10.9. The minimum absolute atomic E-state index is 0. The van der Waals surface area contributed by atoms with Gasteiger partial charge < -0.3 is 25.8 Å². The first-order valence-electron chi connectivity index (χ1n) is 4.23. The van der Waals surface area contributed by atoms with Crippen LogP contribution in [0.25, 0.3) is 0 Å². The summed E-state index contributed by atoms with van der Waals surface area (Å²) in [5, 5.41) is 31.0. The minimum atomic E-state index is -0.977. The van der Waals surface area contributed by atoms with Gasteiger partial charge in [-0.1, -0.05) is 0 Å². The fraction of sp³-hybridized carbons (Fsp3) is 0.500. The van der Waals surface area contributed by atoms with E-state index in [1.165, 1.54) is 0 Å². The smallest absolute Gasteiger partial charge is 0.544 e. The first-order chi connectivity index (χ1) is 7.56. The molecule has 1 rings (SSSR count). The van der Waals surface area contributed by atoms with Crippen molar-refractivity contribution in [2.24, 2.45) is 16.1 Å². The van der Waals surface area contributed by atoms with Crippen LogP contribution in [0.3, 0.4) is 0 Å². The first kappa shape index (κ1) is 18.7. The third-order valence-corrected chi connectivity index (χ3v) is 1.63. The Kier molecular flexibility index (Phi) is 11.5. The maximum absolute atomic E-state index is 9.18. The molecule has 0 spiro atoms. The van der Waals surface area contributed by atoms with Crippen molar-refractivity contribution in [3.05, 3.63) is 24.2 Å². The predicted octanol–water partition coefficient (Wildman–Crippen LogP) is -1.73. The van der Waals surface area contributed by atoms with Crippen molar-refractivity contribution in [1.82, 2.24) is 0 Å². The van der Waals surface area contributed by atoms with E-state index in [1.807, 2.05) is 0 Å². The van der Waals surface area contributed by atoms with Gasteiger partial charge in [-0.15, -0.1) is 4.91 Å². The van der Waals surface area contributed by atoms with Gasteiger partial charge in [0.25, 0.3) is 0 Å². The van der Waals surface area contributed by atoms with Crippen LogP contribution in [-0.4, -0.2) is 46.1 Å². The molecule has 0 aromatic rings. The van der Waals surface area contributed by atoms with Crippen LogP contribution in [0.15, 0.2) is 16.5 Å². The average Bonchev–Trinajstić information content (AvgIpc) is 2.60. The van der Waals surface area contributed by atoms with Crippen molar-refractivity contribution in [1.29, 1.82) is 0 Å². The molecule has 5 N–H and O–H groups in total. The van der Waals surface area contributed by atoms with Gasteiger partial charge in [-0.2, -0.15) is 17.8 Å². The maximum atomic E-state index is 9.18. The number of nitrogens with two attached hydrogens (primary N) is 1. The Labute approximate surface area is 112 Å². The Morgan fingerprint density at radius 2 is 2.18 bits per heavy atom. The normalized spacial score (nSPS) is 27.5. The number of hydrogen-bond donors (Lipinski definition) is 4. The summed E-state index contributed by atoms with van der Waals surface area (Å²) >= 11 is 0. The van der Waals surface area contributed by atoms with Crippen LogP contribution in [0.2, 0.25) is 0 Å². The molecule has 100 valence electrons. The second kappa shape index (κ2) is 10.5. The Morgan fingerprint density at radius 3 is 2.35 bits per heavy atom. The molecule has 1 unspecified atom stereocenters. The molecule has 0 saturated carbocycles. The SMILES string of the molecule is OC[C@H]1O[CH-][C@H](O)C1O.[CH-]=C/C(N)=N\N=O.[Pt+2]. The van der Waals surface area contributed by atoms with Crippen LogP contribution in [0.4, 0.5) is 0 Å². The van der Waals surface area contributed by atoms with E-state index in [1.54, 1.807) is 0 Å². The summed E-state index contributed by atoms with van der Waals surface area (Å²) in [4.78, 5) is 9.18. The van der Waals surface area contributed by atoms with Crippen LogP contribution in [0, 0.1) is 18.1 Å². The number of hydrogen-bond acceptors (Lipinski definition) is 6. The number of nitrogens with zero attached hydrogens (tertiary/aromatic N) is 2. The van der Waals surface area contributed by atoms with Gasteiger partial charge in [0.1, 0.15) is 0 Å². The number of rotatable bonds is 3. The molecule has 3 atom stereocenters. The topological polar surface area (TPSA) is 138 Å². The molecule has 1 heterocycles. The third kappa shape index (κ3) is 7.30. The van der Waals surface area contributed by atoms with Gasteiger partial charge in [-0.05, 0) is 11.9 Å². The molecule has 1 aliphatic heterocycles. The van der Waals surface area contributed by atoms with E-state index < -0.39 is 18.3 Å². The molecule has 0 bridgehead atoms. The fourth-order valence-corrected chi connectivity index (χ4v) is 0.794. The Balaban J connectivity index is 0. The van der Waals surface area contributed by atoms with Gasteiger partial charge in [-0.25, -0.2) is 0 Å². The van der Waals surface area contributed by atoms with Gasteiger partial charge in [0.2, 0.25) is 0 Å². The summed E-state index contributed by atoms with van der Waals surface area (Å²) in [6, 6.07) is 0. The van der Waals surface area contributed by atoms with Crippen molar-refractivity contribution in [2.75, 3.05) is 6.61 Å². The molecule has 0 radical (unpaired) electrons. The Hall–Kier alpha value is -0.662. The van der Waals surface area contributed by atoms with Gasteiger partial charge in [0.15, 0.2) is 0 Å². The average molecular weight is 426 g/mol. The van der Waals surface area contributed by atoms with Crippen LogP contribution < -0.4 is 5.73 Å². The van der Waals surface area contributed by atoms with Crippen molar-refractivity contribution in [3.8, 4) is 0 Å². The number of aliphatic hydroxyl groups is 3. The second-order valence-electron chi connectivity index (χ2n) is 2.75. The fourth-order valence-electron chi connectivity index (χ4n) is 0.794. The van der Waals surface area contributed by atoms with Crippen LogP contribution >= 0.6 is 0 Å². The molecule has 0 aromatic carbocycles. The van der Waals surface area contributed by atoms with Gasteiger partial charge in [0.05, 0.1) is 24.1 Å². The number of nitroso groups, excluding NO2 is 1. The van der Waals surface area contributed by atoms with Gasteiger partial charge in [0, 0.05) is 0 Å². The molecule has 0 aliphatic carbocycles. The molecular formula is C8H13N3O5Pt. The van der Waals surface area contributed by atoms with E-state index in [9.17, 15) is 4.91 Å². The van der Waals surface area contributed by atoms with Gasteiger partial charge >= 0.3 is 21.1 Å². The van der Waals surface area contributed by atoms with E-state index in [0.717, 1.165) is 12.7 Å². The Bertz CT molecular complexity index is 264. The molecule has 1 fully saturated rings. The van der Waals surface area contributed by atoms with E-state index >= 15 is 0 Å². The van der Waals surface area contributed by atoms with E-state index in [0.29, 0.717) is 0 Å². The van der Waals surface area contributed by atoms with E-state index in [-0.39, 0.29) is 33.5 Å². The van der Waals surface area contributed by atoms with Crippen molar-refractivity contribution in [2.45, 2.75) is 18.3 Å². The monoisotopic (exact) mass is 426 g/mol. The van der Waals surface area contributed by atoms with Crippen LogP contribution in [-0.2, 0) is 25.8 Å². The summed E-state index contributed by atoms with van der Waals surface area (Å²) in [5.41, 5.74) is 4.86. The van der Waals surface area contributed by atoms with Crippen molar-refractivity contribution in [3.63, 3.8) is 0 Å². The largest absolute Gasteiger partial charge is 2.00 e. The molecule has 0 amide bonds. The Morgan fingerprint density at radius 1 is 1.59 bits per heavy atom. The summed E-state index contributed by atoms with van der Waals surface area (Å²) < 4.78 is 4.65.